The molecule has 0 spiro atoms. The normalized spacial score (nSPS) is 24.4. The Morgan fingerprint density at radius 3 is 2.77 bits per heavy atom. The van der Waals surface area contributed by atoms with Gasteiger partial charge >= 0.3 is 0 Å². The van der Waals surface area contributed by atoms with Gasteiger partial charge in [-0.25, -0.2) is 0 Å². The lowest BCUT2D eigenvalue weighted by atomic mass is 9.97. The number of hydrogen-bond acceptors (Lipinski definition) is 2. The molecular weight excluding hydrogens is 164 g/mol. The number of amides is 1. The molecule has 1 heterocycles. The maximum atomic E-state index is 11.7. The highest BCUT2D eigenvalue weighted by atomic mass is 16.2. The molecule has 1 saturated heterocycles. The molecule has 1 fully saturated rings. The van der Waals surface area contributed by atoms with Crippen LogP contribution in [0, 0.1) is 5.92 Å². The Hall–Kier alpha value is -0.570. The third-order valence-electron chi connectivity index (χ3n) is 2.74. The number of carbonyl (C=O) groups excluding carboxylic acids is 1. The van der Waals surface area contributed by atoms with Gasteiger partial charge in [0.1, 0.15) is 0 Å². The average molecular weight is 184 g/mol. The van der Waals surface area contributed by atoms with E-state index in [4.69, 9.17) is 0 Å². The van der Waals surface area contributed by atoms with Gasteiger partial charge in [-0.15, -0.1) is 0 Å². The minimum atomic E-state index is 0.240. The quantitative estimate of drug-likeness (QED) is 0.634. The largest absolute Gasteiger partial charge is 0.349 e. The standard InChI is InChI=1S/C10H20N2O/c1-4-12-7-5-6-9(8-12)10(13)11(2)3/h9H,4-8H2,1-3H3. The van der Waals surface area contributed by atoms with Crippen LogP contribution in [0.3, 0.4) is 0 Å². The molecule has 0 aromatic heterocycles. The molecule has 3 nitrogen and oxygen atoms in total. The summed E-state index contributed by atoms with van der Waals surface area (Å²) in [6.07, 6.45) is 2.23. The maximum Gasteiger partial charge on any atom is 0.226 e. The van der Waals surface area contributed by atoms with Crippen LogP contribution in [0.4, 0.5) is 0 Å². The molecule has 0 bridgehead atoms. The van der Waals surface area contributed by atoms with Crippen molar-refractivity contribution >= 4 is 5.91 Å². The zero-order chi connectivity index (χ0) is 9.84. The van der Waals surface area contributed by atoms with Crippen molar-refractivity contribution in [2.75, 3.05) is 33.7 Å². The van der Waals surface area contributed by atoms with Crippen LogP contribution in [0.2, 0.25) is 0 Å². The van der Waals surface area contributed by atoms with Gasteiger partial charge in [-0.2, -0.15) is 0 Å². The van der Waals surface area contributed by atoms with Crippen molar-refractivity contribution in [3.05, 3.63) is 0 Å². The summed E-state index contributed by atoms with van der Waals surface area (Å²) in [6.45, 7) is 5.33. The summed E-state index contributed by atoms with van der Waals surface area (Å²) in [5.74, 6) is 0.529. The second kappa shape index (κ2) is 4.61. The highest BCUT2D eigenvalue weighted by Gasteiger charge is 2.25. The van der Waals surface area contributed by atoms with Crippen molar-refractivity contribution in [1.29, 1.82) is 0 Å². The van der Waals surface area contributed by atoms with Crippen LogP contribution < -0.4 is 0 Å². The zero-order valence-electron chi connectivity index (χ0n) is 8.92. The molecule has 1 aliphatic rings. The Morgan fingerprint density at radius 2 is 2.23 bits per heavy atom. The number of piperidine rings is 1. The predicted molar refractivity (Wildman–Crippen MR) is 53.5 cm³/mol. The summed E-state index contributed by atoms with van der Waals surface area (Å²) in [5, 5.41) is 0. The Bertz CT molecular complexity index is 180. The van der Waals surface area contributed by atoms with Gasteiger partial charge in [0, 0.05) is 20.6 Å². The van der Waals surface area contributed by atoms with Crippen LogP contribution >= 0.6 is 0 Å². The molecule has 1 unspecified atom stereocenters. The van der Waals surface area contributed by atoms with E-state index in [1.165, 1.54) is 0 Å². The first kappa shape index (κ1) is 10.5. The summed E-state index contributed by atoms with van der Waals surface area (Å²) in [6, 6.07) is 0. The summed E-state index contributed by atoms with van der Waals surface area (Å²) in [5.41, 5.74) is 0. The van der Waals surface area contributed by atoms with Crippen LogP contribution in [0.25, 0.3) is 0 Å². The third-order valence-corrected chi connectivity index (χ3v) is 2.74. The van der Waals surface area contributed by atoms with Crippen LogP contribution in [0.1, 0.15) is 19.8 Å². The lowest BCUT2D eigenvalue weighted by Gasteiger charge is -2.32. The fourth-order valence-electron chi connectivity index (χ4n) is 1.91. The smallest absolute Gasteiger partial charge is 0.226 e. The topological polar surface area (TPSA) is 23.6 Å². The van der Waals surface area contributed by atoms with Crippen molar-refractivity contribution in [3.63, 3.8) is 0 Å². The second-order valence-electron chi connectivity index (χ2n) is 3.97. The predicted octanol–water partition coefficient (Wildman–Crippen LogP) is 0.806. The van der Waals surface area contributed by atoms with Gasteiger partial charge in [0.2, 0.25) is 5.91 Å². The number of likely N-dealkylation sites (tertiary alicyclic amines) is 1. The molecule has 0 saturated carbocycles. The van der Waals surface area contributed by atoms with Crippen molar-refractivity contribution < 1.29 is 4.79 Å². The fourth-order valence-corrected chi connectivity index (χ4v) is 1.91. The molecule has 0 radical (unpaired) electrons. The SMILES string of the molecule is CCN1CCCC(C(=O)N(C)C)C1. The van der Waals surface area contributed by atoms with E-state index in [2.05, 4.69) is 11.8 Å². The minimum absolute atomic E-state index is 0.240. The van der Waals surface area contributed by atoms with Crippen molar-refractivity contribution in [2.45, 2.75) is 19.8 Å². The van der Waals surface area contributed by atoms with E-state index < -0.39 is 0 Å². The first-order valence-electron chi connectivity index (χ1n) is 5.08. The van der Waals surface area contributed by atoms with Gasteiger partial charge in [-0.05, 0) is 25.9 Å². The van der Waals surface area contributed by atoms with Gasteiger partial charge in [0.25, 0.3) is 0 Å². The second-order valence-corrected chi connectivity index (χ2v) is 3.97. The van der Waals surface area contributed by atoms with Gasteiger partial charge in [-0.3, -0.25) is 4.79 Å². The molecule has 1 aliphatic heterocycles. The van der Waals surface area contributed by atoms with E-state index in [0.717, 1.165) is 32.5 Å². The molecule has 3 heteroatoms. The third kappa shape index (κ3) is 2.69. The van der Waals surface area contributed by atoms with Crippen LogP contribution in [-0.4, -0.2) is 49.4 Å². The fraction of sp³-hybridized carbons (Fsp3) is 0.900. The lowest BCUT2D eigenvalue weighted by molar-refractivity contribution is -0.134. The Balaban J connectivity index is 2.46. The first-order valence-corrected chi connectivity index (χ1v) is 5.08. The average Bonchev–Trinajstić information content (AvgIpc) is 2.16. The molecule has 76 valence electrons. The van der Waals surface area contributed by atoms with E-state index in [1.807, 2.05) is 14.1 Å². The van der Waals surface area contributed by atoms with Gasteiger partial charge in [0.05, 0.1) is 5.92 Å². The molecule has 0 N–H and O–H groups in total. The Labute approximate surface area is 80.7 Å². The van der Waals surface area contributed by atoms with E-state index in [0.29, 0.717) is 0 Å². The molecule has 1 amide bonds. The van der Waals surface area contributed by atoms with Crippen LogP contribution in [0.15, 0.2) is 0 Å². The van der Waals surface area contributed by atoms with Gasteiger partial charge < -0.3 is 9.80 Å². The van der Waals surface area contributed by atoms with E-state index in [9.17, 15) is 4.79 Å². The van der Waals surface area contributed by atoms with Crippen molar-refractivity contribution in [1.82, 2.24) is 9.80 Å². The molecule has 1 rings (SSSR count). The zero-order valence-corrected chi connectivity index (χ0v) is 8.92. The molecule has 0 aromatic rings. The summed E-state index contributed by atoms with van der Waals surface area (Å²) in [4.78, 5) is 15.7. The van der Waals surface area contributed by atoms with Crippen molar-refractivity contribution in [3.8, 4) is 0 Å². The number of hydrogen-bond donors (Lipinski definition) is 0. The summed E-state index contributed by atoms with van der Waals surface area (Å²) >= 11 is 0. The number of carbonyl (C=O) groups is 1. The van der Waals surface area contributed by atoms with Gasteiger partial charge in [0.15, 0.2) is 0 Å². The summed E-state index contributed by atoms with van der Waals surface area (Å²) in [7, 11) is 3.68. The van der Waals surface area contributed by atoms with E-state index in [-0.39, 0.29) is 11.8 Å². The van der Waals surface area contributed by atoms with E-state index >= 15 is 0 Å². The molecule has 0 aliphatic carbocycles. The van der Waals surface area contributed by atoms with Gasteiger partial charge in [-0.1, -0.05) is 6.92 Å². The maximum absolute atomic E-state index is 11.7. The molecule has 1 atom stereocenters. The van der Waals surface area contributed by atoms with E-state index in [1.54, 1.807) is 4.90 Å². The molecule has 13 heavy (non-hydrogen) atoms. The van der Waals surface area contributed by atoms with Crippen LogP contribution in [-0.2, 0) is 4.79 Å². The number of rotatable bonds is 2. The Morgan fingerprint density at radius 1 is 1.54 bits per heavy atom. The molecular formula is C10H20N2O. The highest BCUT2D eigenvalue weighted by Crippen LogP contribution is 2.17. The molecule has 0 aromatic carbocycles. The van der Waals surface area contributed by atoms with Crippen molar-refractivity contribution in [2.24, 2.45) is 5.92 Å². The minimum Gasteiger partial charge on any atom is -0.349 e. The monoisotopic (exact) mass is 184 g/mol. The van der Waals surface area contributed by atoms with Crippen LogP contribution in [0.5, 0.6) is 0 Å². The summed E-state index contributed by atoms with van der Waals surface area (Å²) < 4.78 is 0. The lowest BCUT2D eigenvalue weighted by Crippen LogP contribution is -2.42. The highest BCUT2D eigenvalue weighted by molar-refractivity contribution is 5.78. The first-order chi connectivity index (χ1) is 6.15. The number of nitrogens with zero attached hydrogens (tertiary/aromatic N) is 2. The Kier molecular flexibility index (Phi) is 3.72.